The molecule has 150 valence electrons. The van der Waals surface area contributed by atoms with Crippen molar-refractivity contribution in [3.05, 3.63) is 58.7 Å². The van der Waals surface area contributed by atoms with Crippen LogP contribution in [0.25, 0.3) is 0 Å². The highest BCUT2D eigenvalue weighted by molar-refractivity contribution is 5.70. The molecule has 2 aromatic rings. The largest absolute Gasteiger partial charge is 0.493 e. The molecule has 2 aromatic carbocycles. The predicted octanol–water partition coefficient (Wildman–Crippen LogP) is 4.21. The van der Waals surface area contributed by atoms with E-state index in [1.165, 1.54) is 16.7 Å². The van der Waals surface area contributed by atoms with E-state index in [1.54, 1.807) is 14.2 Å². The third-order valence-electron chi connectivity index (χ3n) is 5.62. The lowest BCUT2D eigenvalue weighted by Crippen LogP contribution is -2.41. The standard InChI is InChI=1S/C23H29NO4/c1-15-10-11-18(16(2)13-15)21(24-12-6-7-17(14-24)23(25)26)19-8-5-9-20(27-3)22(19)28-4/h5,8-11,13,17,21H,6-7,12,14H2,1-4H3,(H,25,26). The molecule has 5 heteroatoms. The lowest BCUT2D eigenvalue weighted by molar-refractivity contribution is -0.143. The minimum absolute atomic E-state index is 0.0900. The highest BCUT2D eigenvalue weighted by Gasteiger charge is 2.33. The molecule has 0 amide bonds. The molecule has 1 heterocycles. The molecule has 1 N–H and O–H groups in total. The summed E-state index contributed by atoms with van der Waals surface area (Å²) < 4.78 is 11.3. The lowest BCUT2D eigenvalue weighted by Gasteiger charge is -2.38. The lowest BCUT2D eigenvalue weighted by atomic mass is 9.88. The number of ether oxygens (including phenoxy) is 2. The molecule has 1 aliphatic rings. The van der Waals surface area contributed by atoms with Crippen molar-refractivity contribution in [3.63, 3.8) is 0 Å². The topological polar surface area (TPSA) is 59.0 Å². The number of para-hydroxylation sites is 1. The molecule has 3 rings (SSSR count). The van der Waals surface area contributed by atoms with E-state index < -0.39 is 5.97 Å². The highest BCUT2D eigenvalue weighted by Crippen LogP contribution is 2.42. The second kappa shape index (κ2) is 8.65. The average Bonchev–Trinajstić information content (AvgIpc) is 2.69. The monoisotopic (exact) mass is 383 g/mol. The third kappa shape index (κ3) is 3.99. The van der Waals surface area contributed by atoms with E-state index in [9.17, 15) is 9.90 Å². The first kappa shape index (κ1) is 20.2. The molecule has 1 aliphatic heterocycles. The van der Waals surface area contributed by atoms with Gasteiger partial charge in [-0.2, -0.15) is 0 Å². The van der Waals surface area contributed by atoms with Crippen LogP contribution in [0.3, 0.4) is 0 Å². The van der Waals surface area contributed by atoms with Gasteiger partial charge in [0.15, 0.2) is 11.5 Å². The molecule has 1 fully saturated rings. The van der Waals surface area contributed by atoms with Crippen LogP contribution < -0.4 is 9.47 Å². The van der Waals surface area contributed by atoms with E-state index in [1.807, 2.05) is 12.1 Å². The van der Waals surface area contributed by atoms with Gasteiger partial charge in [0, 0.05) is 12.1 Å². The summed E-state index contributed by atoms with van der Waals surface area (Å²) in [6.45, 7) is 5.57. The summed E-state index contributed by atoms with van der Waals surface area (Å²) in [5.74, 6) is 0.314. The maximum atomic E-state index is 11.7. The summed E-state index contributed by atoms with van der Waals surface area (Å²) in [6.07, 6.45) is 1.59. The number of hydrogen-bond acceptors (Lipinski definition) is 4. The van der Waals surface area contributed by atoms with Gasteiger partial charge in [0.1, 0.15) is 0 Å². The summed E-state index contributed by atoms with van der Waals surface area (Å²) >= 11 is 0. The Kier molecular flexibility index (Phi) is 6.25. The Labute approximate surface area is 166 Å². The maximum absolute atomic E-state index is 11.7. The first-order valence-electron chi connectivity index (χ1n) is 9.71. The zero-order valence-corrected chi connectivity index (χ0v) is 17.1. The highest BCUT2D eigenvalue weighted by atomic mass is 16.5. The van der Waals surface area contributed by atoms with Crippen molar-refractivity contribution in [1.29, 1.82) is 0 Å². The quantitative estimate of drug-likeness (QED) is 0.810. The molecule has 0 aliphatic carbocycles. The van der Waals surface area contributed by atoms with Crippen molar-refractivity contribution in [1.82, 2.24) is 4.90 Å². The summed E-state index contributed by atoms with van der Waals surface area (Å²) in [7, 11) is 3.28. The zero-order chi connectivity index (χ0) is 20.3. The number of aliphatic carboxylic acids is 1. The molecule has 5 nitrogen and oxygen atoms in total. The normalized spacial score (nSPS) is 18.5. The fraction of sp³-hybridized carbons (Fsp3) is 0.435. The van der Waals surface area contributed by atoms with Gasteiger partial charge < -0.3 is 14.6 Å². The number of hydrogen-bond donors (Lipinski definition) is 1. The molecule has 1 saturated heterocycles. The molecule has 28 heavy (non-hydrogen) atoms. The molecule has 2 atom stereocenters. The molecule has 0 aromatic heterocycles. The number of carboxylic acid groups (broad SMARTS) is 1. The second-order valence-electron chi connectivity index (χ2n) is 7.52. The number of likely N-dealkylation sites (tertiary alicyclic amines) is 1. The van der Waals surface area contributed by atoms with Gasteiger partial charge in [-0.05, 0) is 50.4 Å². The second-order valence-corrected chi connectivity index (χ2v) is 7.52. The molecule has 2 unspecified atom stereocenters. The van der Waals surface area contributed by atoms with Gasteiger partial charge in [0.25, 0.3) is 0 Å². The number of rotatable bonds is 6. The van der Waals surface area contributed by atoms with E-state index in [-0.39, 0.29) is 12.0 Å². The van der Waals surface area contributed by atoms with Crippen molar-refractivity contribution in [2.24, 2.45) is 5.92 Å². The van der Waals surface area contributed by atoms with Crippen LogP contribution in [-0.2, 0) is 4.79 Å². The Hall–Kier alpha value is -2.53. The summed E-state index contributed by atoms with van der Waals surface area (Å²) in [5, 5.41) is 9.58. The van der Waals surface area contributed by atoms with E-state index >= 15 is 0 Å². The first-order chi connectivity index (χ1) is 13.5. The number of benzene rings is 2. The van der Waals surface area contributed by atoms with Crippen molar-refractivity contribution in [2.45, 2.75) is 32.7 Å². The SMILES string of the molecule is COc1cccc(C(c2ccc(C)cc2C)N2CCCC(C(=O)O)C2)c1OC. The van der Waals surface area contributed by atoms with Crippen LogP contribution in [0.4, 0.5) is 0 Å². The van der Waals surface area contributed by atoms with Crippen LogP contribution in [0.2, 0.25) is 0 Å². The minimum Gasteiger partial charge on any atom is -0.493 e. The Balaban J connectivity index is 2.14. The number of methoxy groups -OCH3 is 2. The smallest absolute Gasteiger partial charge is 0.307 e. The van der Waals surface area contributed by atoms with Crippen LogP contribution in [0.1, 0.15) is 41.1 Å². The number of aryl methyl sites for hydroxylation is 2. The molecular formula is C23H29NO4. The van der Waals surface area contributed by atoms with Gasteiger partial charge in [-0.15, -0.1) is 0 Å². The van der Waals surface area contributed by atoms with Crippen molar-refractivity contribution < 1.29 is 19.4 Å². The van der Waals surface area contributed by atoms with E-state index in [0.29, 0.717) is 18.0 Å². The van der Waals surface area contributed by atoms with Crippen LogP contribution >= 0.6 is 0 Å². The predicted molar refractivity (Wildman–Crippen MR) is 109 cm³/mol. The Morgan fingerprint density at radius 2 is 1.93 bits per heavy atom. The van der Waals surface area contributed by atoms with Gasteiger partial charge in [0.2, 0.25) is 0 Å². The van der Waals surface area contributed by atoms with Crippen molar-refractivity contribution >= 4 is 5.97 Å². The summed E-state index contributed by atoms with van der Waals surface area (Å²) in [4.78, 5) is 13.9. The van der Waals surface area contributed by atoms with E-state index in [0.717, 1.165) is 24.9 Å². The maximum Gasteiger partial charge on any atom is 0.307 e. The van der Waals surface area contributed by atoms with Crippen molar-refractivity contribution in [2.75, 3.05) is 27.3 Å². The third-order valence-corrected chi connectivity index (χ3v) is 5.62. The number of carboxylic acids is 1. The number of nitrogens with zero attached hydrogens (tertiary/aromatic N) is 1. The fourth-order valence-electron chi connectivity index (χ4n) is 4.26. The van der Waals surface area contributed by atoms with E-state index in [4.69, 9.17) is 9.47 Å². The molecule has 0 saturated carbocycles. The number of piperidine rings is 1. The van der Waals surface area contributed by atoms with Gasteiger partial charge in [-0.1, -0.05) is 35.9 Å². The van der Waals surface area contributed by atoms with Crippen LogP contribution in [0.5, 0.6) is 11.5 Å². The summed E-state index contributed by atoms with van der Waals surface area (Å²) in [5.41, 5.74) is 4.56. The van der Waals surface area contributed by atoms with Crippen molar-refractivity contribution in [3.8, 4) is 11.5 Å². The Morgan fingerprint density at radius 3 is 2.57 bits per heavy atom. The van der Waals surface area contributed by atoms with Gasteiger partial charge in [-0.25, -0.2) is 0 Å². The number of carbonyl (C=O) groups is 1. The Morgan fingerprint density at radius 1 is 1.14 bits per heavy atom. The molecule has 0 spiro atoms. The Bertz CT molecular complexity index is 848. The first-order valence-corrected chi connectivity index (χ1v) is 9.71. The molecule has 0 radical (unpaired) electrons. The average molecular weight is 383 g/mol. The van der Waals surface area contributed by atoms with Crippen LogP contribution in [0.15, 0.2) is 36.4 Å². The van der Waals surface area contributed by atoms with Gasteiger partial charge >= 0.3 is 5.97 Å². The molecular weight excluding hydrogens is 354 g/mol. The van der Waals surface area contributed by atoms with Gasteiger partial charge in [-0.3, -0.25) is 9.69 Å². The van der Waals surface area contributed by atoms with Crippen LogP contribution in [-0.4, -0.2) is 43.3 Å². The minimum atomic E-state index is -0.721. The zero-order valence-electron chi connectivity index (χ0n) is 17.1. The van der Waals surface area contributed by atoms with E-state index in [2.05, 4.69) is 43.0 Å². The molecule has 0 bridgehead atoms. The summed E-state index contributed by atoms with van der Waals surface area (Å²) in [6, 6.07) is 12.2. The van der Waals surface area contributed by atoms with Crippen LogP contribution in [0, 0.1) is 19.8 Å². The van der Waals surface area contributed by atoms with Gasteiger partial charge in [0.05, 0.1) is 26.2 Å². The fourth-order valence-corrected chi connectivity index (χ4v) is 4.26.